The third kappa shape index (κ3) is 5.32. The van der Waals surface area contributed by atoms with Crippen molar-refractivity contribution in [2.45, 2.75) is 0 Å². The summed E-state index contributed by atoms with van der Waals surface area (Å²) >= 11 is 3.72. The summed E-state index contributed by atoms with van der Waals surface area (Å²) in [4.78, 5) is 4.80. The third-order valence-corrected chi connectivity index (χ3v) is 12.1. The average Bonchev–Trinajstić information content (AvgIpc) is 3.78. The first-order valence-corrected chi connectivity index (χ1v) is 19.1. The van der Waals surface area contributed by atoms with Gasteiger partial charge in [0.05, 0.1) is 5.69 Å². The normalized spacial score (nSPS) is 11.5. The molecule has 0 N–H and O–H groups in total. The van der Waals surface area contributed by atoms with E-state index in [-0.39, 0.29) is 0 Å². The van der Waals surface area contributed by atoms with Crippen LogP contribution in [0.15, 0.2) is 194 Å². The van der Waals surface area contributed by atoms with E-state index in [1.165, 1.54) is 51.5 Å². The summed E-state index contributed by atoms with van der Waals surface area (Å²) in [6.07, 6.45) is 0. The van der Waals surface area contributed by atoms with Gasteiger partial charge in [-0.15, -0.1) is 22.7 Å². The smallest absolute Gasteiger partial charge is 0.0554 e. The van der Waals surface area contributed by atoms with Crippen LogP contribution in [0, 0.1) is 0 Å². The maximum absolute atomic E-state index is 2.40. The number of benzene rings is 8. The number of anilines is 6. The van der Waals surface area contributed by atoms with E-state index in [2.05, 4.69) is 204 Å². The van der Waals surface area contributed by atoms with Gasteiger partial charge in [0, 0.05) is 68.8 Å². The lowest BCUT2D eigenvalue weighted by molar-refractivity contribution is 1.29. The topological polar surface area (TPSA) is 6.48 Å². The predicted molar refractivity (Wildman–Crippen MR) is 227 cm³/mol. The molecular weight excluding hydrogens is 669 g/mol. The van der Waals surface area contributed by atoms with Crippen LogP contribution in [0.5, 0.6) is 0 Å². The molecule has 0 spiro atoms. The number of rotatable bonds is 7. The number of thiophene rings is 2. The van der Waals surface area contributed by atoms with Crippen molar-refractivity contribution >= 4 is 97.1 Å². The van der Waals surface area contributed by atoms with Crippen LogP contribution >= 0.6 is 22.7 Å². The molecule has 0 atom stereocenters. The van der Waals surface area contributed by atoms with E-state index in [0.29, 0.717) is 0 Å². The molecule has 0 amide bonds. The summed E-state index contributed by atoms with van der Waals surface area (Å²) in [5.41, 5.74) is 9.24. The van der Waals surface area contributed by atoms with Crippen LogP contribution in [0.3, 0.4) is 0 Å². The standard InChI is InChI=1S/C48H32N2S2/c1-4-13-33(14-5-1)34-23-25-37(26-24-34)50(36-17-8-3-9-18-36)43-20-12-22-46-48(43)42-31-38(28-30-45(42)51-46)49(35-15-6-2-7-16-35)39-27-29-41-40-19-10-11-21-44(40)52-47(41)32-39/h1-32H. The van der Waals surface area contributed by atoms with E-state index in [1.807, 2.05) is 22.7 Å². The summed E-state index contributed by atoms with van der Waals surface area (Å²) in [7, 11) is 0. The van der Waals surface area contributed by atoms with Crippen LogP contribution in [0.4, 0.5) is 34.1 Å². The Labute approximate surface area is 310 Å². The molecule has 0 saturated heterocycles. The molecule has 0 aliphatic heterocycles. The van der Waals surface area contributed by atoms with Crippen LogP contribution in [-0.2, 0) is 0 Å². The van der Waals surface area contributed by atoms with Crippen LogP contribution < -0.4 is 9.80 Å². The van der Waals surface area contributed by atoms with Gasteiger partial charge in [0.2, 0.25) is 0 Å². The summed E-state index contributed by atoms with van der Waals surface area (Å²) in [5, 5.41) is 5.13. The molecule has 0 radical (unpaired) electrons. The van der Waals surface area contributed by atoms with Gasteiger partial charge in [-0.25, -0.2) is 0 Å². The number of nitrogens with zero attached hydrogens (tertiary/aromatic N) is 2. The Hall–Kier alpha value is -6.20. The molecule has 10 aromatic rings. The van der Waals surface area contributed by atoms with E-state index < -0.39 is 0 Å². The van der Waals surface area contributed by atoms with Gasteiger partial charge >= 0.3 is 0 Å². The summed E-state index contributed by atoms with van der Waals surface area (Å²) in [6.45, 7) is 0. The number of hydrogen-bond donors (Lipinski definition) is 0. The maximum Gasteiger partial charge on any atom is 0.0554 e. The minimum absolute atomic E-state index is 1.12. The van der Waals surface area contributed by atoms with Gasteiger partial charge in [-0.2, -0.15) is 0 Å². The molecule has 52 heavy (non-hydrogen) atoms. The van der Waals surface area contributed by atoms with E-state index in [4.69, 9.17) is 0 Å². The molecule has 4 heteroatoms. The van der Waals surface area contributed by atoms with Crippen LogP contribution in [0.25, 0.3) is 51.5 Å². The summed E-state index contributed by atoms with van der Waals surface area (Å²) < 4.78 is 5.15. The summed E-state index contributed by atoms with van der Waals surface area (Å²) in [6, 6.07) is 70.3. The first-order chi connectivity index (χ1) is 25.8. The molecule has 0 bridgehead atoms. The van der Waals surface area contributed by atoms with Gasteiger partial charge in [0.1, 0.15) is 0 Å². The highest BCUT2D eigenvalue weighted by Crippen LogP contribution is 2.47. The second-order valence-corrected chi connectivity index (χ2v) is 15.1. The van der Waals surface area contributed by atoms with Crippen molar-refractivity contribution in [2.24, 2.45) is 0 Å². The lowest BCUT2D eigenvalue weighted by Gasteiger charge is -2.27. The minimum atomic E-state index is 1.12. The van der Waals surface area contributed by atoms with Crippen molar-refractivity contribution in [1.82, 2.24) is 0 Å². The van der Waals surface area contributed by atoms with Crippen molar-refractivity contribution < 1.29 is 0 Å². The fourth-order valence-electron chi connectivity index (χ4n) is 7.44. The molecule has 10 rings (SSSR count). The monoisotopic (exact) mass is 700 g/mol. The van der Waals surface area contributed by atoms with Gasteiger partial charge in [-0.05, 0) is 96.1 Å². The Morgan fingerprint density at radius 2 is 0.808 bits per heavy atom. The average molecular weight is 701 g/mol. The molecule has 0 aliphatic carbocycles. The molecule has 8 aromatic carbocycles. The largest absolute Gasteiger partial charge is 0.310 e. The lowest BCUT2D eigenvalue weighted by Crippen LogP contribution is -2.10. The molecule has 2 nitrogen and oxygen atoms in total. The first-order valence-electron chi connectivity index (χ1n) is 17.5. The van der Waals surface area contributed by atoms with Crippen molar-refractivity contribution in [3.05, 3.63) is 194 Å². The highest BCUT2D eigenvalue weighted by molar-refractivity contribution is 7.26. The van der Waals surface area contributed by atoms with Crippen LogP contribution in [0.1, 0.15) is 0 Å². The predicted octanol–water partition coefficient (Wildman–Crippen LogP) is 15.0. The quantitative estimate of drug-likeness (QED) is 0.163. The Bertz CT molecular complexity index is 2840. The van der Waals surface area contributed by atoms with Crippen molar-refractivity contribution in [3.63, 3.8) is 0 Å². The maximum atomic E-state index is 2.40. The summed E-state index contributed by atoms with van der Waals surface area (Å²) in [5.74, 6) is 0. The zero-order valence-corrected chi connectivity index (χ0v) is 29.8. The Balaban J connectivity index is 1.15. The molecule has 2 heterocycles. The Morgan fingerprint density at radius 1 is 0.288 bits per heavy atom. The van der Waals surface area contributed by atoms with Gasteiger partial charge in [-0.1, -0.05) is 109 Å². The lowest BCUT2D eigenvalue weighted by atomic mass is 10.0. The third-order valence-electron chi connectivity index (χ3n) is 9.84. The van der Waals surface area contributed by atoms with Crippen molar-refractivity contribution in [3.8, 4) is 11.1 Å². The Morgan fingerprint density at radius 3 is 1.58 bits per heavy atom. The minimum Gasteiger partial charge on any atom is -0.310 e. The second-order valence-electron chi connectivity index (χ2n) is 13.0. The van der Waals surface area contributed by atoms with Gasteiger partial charge in [-0.3, -0.25) is 0 Å². The fraction of sp³-hybridized carbons (Fsp3) is 0. The fourth-order valence-corrected chi connectivity index (χ4v) is 9.68. The molecule has 0 unspecified atom stereocenters. The van der Waals surface area contributed by atoms with Gasteiger partial charge in [0.25, 0.3) is 0 Å². The molecular formula is C48H32N2S2. The van der Waals surface area contributed by atoms with E-state index in [0.717, 1.165) is 34.1 Å². The van der Waals surface area contributed by atoms with Gasteiger partial charge < -0.3 is 9.80 Å². The molecule has 2 aromatic heterocycles. The number of fused-ring (bicyclic) bond motifs is 6. The van der Waals surface area contributed by atoms with Crippen LogP contribution in [-0.4, -0.2) is 0 Å². The Kier molecular flexibility index (Phi) is 7.56. The number of para-hydroxylation sites is 2. The number of hydrogen-bond acceptors (Lipinski definition) is 4. The van der Waals surface area contributed by atoms with Crippen molar-refractivity contribution in [1.29, 1.82) is 0 Å². The molecule has 246 valence electrons. The van der Waals surface area contributed by atoms with Crippen LogP contribution in [0.2, 0.25) is 0 Å². The molecule has 0 saturated carbocycles. The zero-order chi connectivity index (χ0) is 34.4. The van der Waals surface area contributed by atoms with Crippen molar-refractivity contribution in [2.75, 3.05) is 9.80 Å². The van der Waals surface area contributed by atoms with E-state index in [1.54, 1.807) is 0 Å². The first kappa shape index (κ1) is 30.6. The van der Waals surface area contributed by atoms with Gasteiger partial charge in [0.15, 0.2) is 0 Å². The SMILES string of the molecule is c1ccc(-c2ccc(N(c3ccccc3)c3cccc4sc5ccc(N(c6ccccc6)c6ccc7c(c6)sc6ccccc67)cc5c34)cc2)cc1. The van der Waals surface area contributed by atoms with E-state index >= 15 is 0 Å². The molecule has 0 aliphatic rings. The zero-order valence-electron chi connectivity index (χ0n) is 28.2. The highest BCUT2D eigenvalue weighted by Gasteiger charge is 2.21. The molecule has 0 fully saturated rings. The highest BCUT2D eigenvalue weighted by atomic mass is 32.1. The van der Waals surface area contributed by atoms with E-state index in [9.17, 15) is 0 Å². The second kappa shape index (κ2) is 12.8.